The summed E-state index contributed by atoms with van der Waals surface area (Å²) in [7, 11) is 0. The molecule has 0 bridgehead atoms. The molecule has 0 aromatic heterocycles. The molecule has 0 aliphatic carbocycles. The van der Waals surface area contributed by atoms with E-state index in [1.54, 1.807) is 12.1 Å². The average molecular weight is 294 g/mol. The molecule has 1 aromatic rings. The van der Waals surface area contributed by atoms with E-state index in [1.165, 1.54) is 6.07 Å². The molecule has 0 heterocycles. The normalized spacial score (nSPS) is 12.8. The average Bonchev–Trinajstić information content (AvgIpc) is 2.23. The maximum atomic E-state index is 13.0. The lowest BCUT2D eigenvalue weighted by Gasteiger charge is -2.07. The van der Waals surface area contributed by atoms with Crippen LogP contribution in [0.3, 0.4) is 0 Å². The van der Waals surface area contributed by atoms with Crippen LogP contribution in [-0.4, -0.2) is 5.38 Å². The van der Waals surface area contributed by atoms with Crippen LogP contribution in [0.25, 0.3) is 0 Å². The lowest BCUT2D eigenvalue weighted by Crippen LogP contribution is -1.97. The molecule has 15 heavy (non-hydrogen) atoms. The second kappa shape index (κ2) is 6.49. The highest BCUT2D eigenvalue weighted by Crippen LogP contribution is 2.21. The fraction of sp³-hybridized carbons (Fsp3) is 0.500. The monoisotopic (exact) mass is 292 g/mol. The molecule has 1 atom stereocenters. The van der Waals surface area contributed by atoms with Gasteiger partial charge in [0.2, 0.25) is 0 Å². The molecule has 0 saturated heterocycles. The summed E-state index contributed by atoms with van der Waals surface area (Å²) >= 11 is 9.43. The molecule has 0 aliphatic heterocycles. The fourth-order valence-electron chi connectivity index (χ4n) is 1.45. The van der Waals surface area contributed by atoms with Crippen LogP contribution in [0, 0.1) is 5.82 Å². The number of rotatable bonds is 5. The van der Waals surface area contributed by atoms with Gasteiger partial charge in [0, 0.05) is 9.85 Å². The van der Waals surface area contributed by atoms with Gasteiger partial charge in [0.25, 0.3) is 0 Å². The second-order valence-corrected chi connectivity index (χ2v) is 5.11. The van der Waals surface area contributed by atoms with Gasteiger partial charge in [0.1, 0.15) is 5.82 Å². The van der Waals surface area contributed by atoms with E-state index in [4.69, 9.17) is 11.6 Å². The highest BCUT2D eigenvalue weighted by molar-refractivity contribution is 9.10. The number of aryl methyl sites for hydroxylation is 1. The third-order valence-electron chi connectivity index (χ3n) is 2.41. The number of benzene rings is 1. The van der Waals surface area contributed by atoms with Crippen molar-refractivity contribution in [1.82, 2.24) is 0 Å². The van der Waals surface area contributed by atoms with E-state index in [2.05, 4.69) is 22.9 Å². The lowest BCUT2D eigenvalue weighted by molar-refractivity contribution is 0.621. The Balaban J connectivity index is 2.46. The second-order valence-electron chi connectivity index (χ2n) is 3.63. The molecule has 3 heteroatoms. The molecule has 0 amide bonds. The van der Waals surface area contributed by atoms with Crippen LogP contribution in [0.5, 0.6) is 0 Å². The maximum absolute atomic E-state index is 13.0. The Hall–Kier alpha value is -0.0800. The van der Waals surface area contributed by atoms with Crippen molar-refractivity contribution in [3.8, 4) is 0 Å². The lowest BCUT2D eigenvalue weighted by atomic mass is 10.1. The molecule has 0 aliphatic rings. The Morgan fingerprint density at radius 3 is 2.87 bits per heavy atom. The topological polar surface area (TPSA) is 0 Å². The summed E-state index contributed by atoms with van der Waals surface area (Å²) in [5, 5.41) is 0.248. The van der Waals surface area contributed by atoms with E-state index in [0.717, 1.165) is 35.7 Å². The Kier molecular flexibility index (Phi) is 5.62. The fourth-order valence-corrected chi connectivity index (χ4v) is 2.05. The van der Waals surface area contributed by atoms with Crippen LogP contribution in [0.1, 0.15) is 31.7 Å². The molecule has 1 unspecified atom stereocenters. The molecular formula is C12H15BrClF. The van der Waals surface area contributed by atoms with Crippen molar-refractivity contribution in [3.05, 3.63) is 34.1 Å². The summed E-state index contributed by atoms with van der Waals surface area (Å²) in [5.41, 5.74) is 1.02. The van der Waals surface area contributed by atoms with Crippen LogP contribution in [0.4, 0.5) is 4.39 Å². The van der Waals surface area contributed by atoms with E-state index in [-0.39, 0.29) is 11.2 Å². The van der Waals surface area contributed by atoms with Gasteiger partial charge in [-0.1, -0.05) is 22.9 Å². The van der Waals surface area contributed by atoms with Gasteiger partial charge in [-0.05, 0) is 49.4 Å². The summed E-state index contributed by atoms with van der Waals surface area (Å²) in [6.45, 7) is 2.08. The Morgan fingerprint density at radius 1 is 1.47 bits per heavy atom. The maximum Gasteiger partial charge on any atom is 0.123 e. The van der Waals surface area contributed by atoms with Crippen LogP contribution < -0.4 is 0 Å². The van der Waals surface area contributed by atoms with Gasteiger partial charge in [-0.25, -0.2) is 4.39 Å². The van der Waals surface area contributed by atoms with Crippen LogP contribution in [-0.2, 0) is 6.42 Å². The summed E-state index contributed by atoms with van der Waals surface area (Å²) in [6.07, 6.45) is 3.86. The Morgan fingerprint density at radius 2 is 2.20 bits per heavy atom. The van der Waals surface area contributed by atoms with Crippen molar-refractivity contribution in [3.63, 3.8) is 0 Å². The van der Waals surface area contributed by atoms with Gasteiger partial charge in [-0.2, -0.15) is 0 Å². The Labute approximate surface area is 104 Å². The summed E-state index contributed by atoms with van der Waals surface area (Å²) < 4.78 is 13.9. The molecule has 1 rings (SSSR count). The van der Waals surface area contributed by atoms with E-state index in [0.29, 0.717) is 0 Å². The minimum Gasteiger partial charge on any atom is -0.207 e. The molecule has 0 radical (unpaired) electrons. The molecule has 0 nitrogen and oxygen atoms in total. The molecule has 0 N–H and O–H groups in total. The summed E-state index contributed by atoms with van der Waals surface area (Å²) in [6, 6.07) is 4.80. The van der Waals surface area contributed by atoms with E-state index < -0.39 is 0 Å². The zero-order valence-electron chi connectivity index (χ0n) is 8.77. The zero-order chi connectivity index (χ0) is 11.3. The van der Waals surface area contributed by atoms with E-state index in [1.807, 2.05) is 0 Å². The number of hydrogen-bond acceptors (Lipinski definition) is 0. The number of halogens is 3. The molecule has 0 spiro atoms. The molecule has 84 valence electrons. The first-order chi connectivity index (χ1) is 7.13. The van der Waals surface area contributed by atoms with Crippen molar-refractivity contribution in [2.75, 3.05) is 0 Å². The third-order valence-corrected chi connectivity index (χ3v) is 3.71. The number of hydrogen-bond donors (Lipinski definition) is 0. The molecule has 0 fully saturated rings. The van der Waals surface area contributed by atoms with E-state index in [9.17, 15) is 4.39 Å². The van der Waals surface area contributed by atoms with Crippen LogP contribution >= 0.6 is 27.5 Å². The van der Waals surface area contributed by atoms with Crippen molar-refractivity contribution in [2.24, 2.45) is 0 Å². The van der Waals surface area contributed by atoms with Gasteiger partial charge in [0.05, 0.1) is 0 Å². The van der Waals surface area contributed by atoms with E-state index >= 15 is 0 Å². The first-order valence-corrected chi connectivity index (χ1v) is 6.44. The molecular weight excluding hydrogens is 278 g/mol. The Bertz CT molecular complexity index is 314. The zero-order valence-corrected chi connectivity index (χ0v) is 11.1. The van der Waals surface area contributed by atoms with Gasteiger partial charge in [0.15, 0.2) is 0 Å². The van der Waals surface area contributed by atoms with Gasteiger partial charge < -0.3 is 0 Å². The SMILES string of the molecule is CCC(Cl)CCCc1cc(F)ccc1Br. The molecule has 0 saturated carbocycles. The predicted molar refractivity (Wildman–Crippen MR) is 67.0 cm³/mol. The van der Waals surface area contributed by atoms with Crippen molar-refractivity contribution >= 4 is 27.5 Å². The quantitative estimate of drug-likeness (QED) is 0.675. The van der Waals surface area contributed by atoms with Gasteiger partial charge in [-0.3, -0.25) is 0 Å². The third kappa shape index (κ3) is 4.52. The van der Waals surface area contributed by atoms with Gasteiger partial charge in [-0.15, -0.1) is 11.6 Å². The standard InChI is InChI=1S/C12H15BrClF/c1-2-10(14)5-3-4-9-8-11(15)6-7-12(9)13/h6-8,10H,2-5H2,1H3. The smallest absolute Gasteiger partial charge is 0.123 e. The minimum atomic E-state index is -0.175. The van der Waals surface area contributed by atoms with Gasteiger partial charge >= 0.3 is 0 Å². The summed E-state index contributed by atoms with van der Waals surface area (Å²) in [4.78, 5) is 0. The van der Waals surface area contributed by atoms with Crippen LogP contribution in [0.15, 0.2) is 22.7 Å². The highest BCUT2D eigenvalue weighted by atomic mass is 79.9. The van der Waals surface area contributed by atoms with Crippen molar-refractivity contribution in [1.29, 1.82) is 0 Å². The first kappa shape index (κ1) is 13.0. The van der Waals surface area contributed by atoms with Crippen molar-refractivity contribution in [2.45, 2.75) is 38.0 Å². The summed E-state index contributed by atoms with van der Waals surface area (Å²) in [5.74, 6) is -0.175. The largest absolute Gasteiger partial charge is 0.207 e. The minimum absolute atomic E-state index is 0.175. The highest BCUT2D eigenvalue weighted by Gasteiger charge is 2.04. The number of alkyl halides is 1. The van der Waals surface area contributed by atoms with Crippen LogP contribution in [0.2, 0.25) is 0 Å². The van der Waals surface area contributed by atoms with Crippen molar-refractivity contribution < 1.29 is 4.39 Å². The first-order valence-electron chi connectivity index (χ1n) is 5.21. The molecule has 1 aromatic carbocycles. The predicted octanol–water partition coefficient (Wildman–Crippen LogP) is 4.93.